The first-order valence-corrected chi connectivity index (χ1v) is 12.3. The van der Waals surface area contributed by atoms with Crippen molar-refractivity contribution in [2.24, 2.45) is 0 Å². The molecule has 38 heavy (non-hydrogen) atoms. The van der Waals surface area contributed by atoms with Crippen molar-refractivity contribution in [1.29, 1.82) is 0 Å². The smallest absolute Gasteiger partial charge is 0.346 e. The van der Waals surface area contributed by atoms with Crippen molar-refractivity contribution < 1.29 is 23.5 Å². The number of carbonyl (C=O) groups is 3. The molecule has 1 aliphatic rings. The third-order valence-corrected chi connectivity index (χ3v) is 6.49. The van der Waals surface area contributed by atoms with E-state index in [0.717, 1.165) is 0 Å². The van der Waals surface area contributed by atoms with Crippen molar-refractivity contribution in [2.75, 3.05) is 37.7 Å². The molecule has 4 aromatic rings. The van der Waals surface area contributed by atoms with E-state index in [9.17, 15) is 19.2 Å². The number of rotatable bonds is 7. The number of anilines is 1. The van der Waals surface area contributed by atoms with Gasteiger partial charge in [-0.1, -0.05) is 30.3 Å². The molecule has 0 unspecified atom stereocenters. The number of aromatic nitrogens is 2. The van der Waals surface area contributed by atoms with Crippen molar-refractivity contribution in [3.05, 3.63) is 94.3 Å². The summed E-state index contributed by atoms with van der Waals surface area (Å²) >= 11 is 0. The lowest BCUT2D eigenvalue weighted by molar-refractivity contribution is 0.0522. The highest BCUT2D eigenvalue weighted by Gasteiger charge is 2.31. The lowest BCUT2D eigenvalue weighted by Gasteiger charge is -2.36. The monoisotopic (exact) mass is 514 g/mol. The molecule has 0 saturated carbocycles. The first-order valence-electron chi connectivity index (χ1n) is 12.3. The number of furan rings is 1. The Kier molecular flexibility index (Phi) is 7.03. The molecule has 0 spiro atoms. The largest absolute Gasteiger partial charge is 0.462 e. The minimum Gasteiger partial charge on any atom is -0.462 e. The minimum absolute atomic E-state index is 0.0757. The first-order chi connectivity index (χ1) is 18.5. The van der Waals surface area contributed by atoms with E-state index in [1.165, 1.54) is 10.8 Å². The third kappa shape index (κ3) is 4.68. The number of hydrogen-bond donors (Lipinski definition) is 0. The molecule has 1 saturated heterocycles. The standard InChI is InChI=1S/C28H26N4O6/c1-2-37-28(36)23-25(30-13-15-31(16-14-30)26(34)22-11-7-17-38-22)24-20(10-6-12-29-24)32(27(23)35)18-21(33)19-8-4-3-5-9-19/h3-12,17H,2,13-16,18H2,1H3. The number of Topliss-reactive ketones (excluding diaryl/α,β-unsaturated/α-hetero) is 1. The van der Waals surface area contributed by atoms with Crippen LogP contribution in [0.5, 0.6) is 0 Å². The van der Waals surface area contributed by atoms with Crippen molar-refractivity contribution >= 4 is 34.4 Å². The maximum absolute atomic E-state index is 13.8. The second-order valence-electron chi connectivity index (χ2n) is 8.75. The number of ketones is 1. The zero-order valence-electron chi connectivity index (χ0n) is 20.8. The summed E-state index contributed by atoms with van der Waals surface area (Å²) in [5, 5.41) is 0. The van der Waals surface area contributed by atoms with Gasteiger partial charge < -0.3 is 19.0 Å². The van der Waals surface area contributed by atoms with Crippen LogP contribution in [0.15, 0.2) is 76.3 Å². The van der Waals surface area contributed by atoms with Gasteiger partial charge >= 0.3 is 5.97 Å². The van der Waals surface area contributed by atoms with Gasteiger partial charge in [0, 0.05) is 37.9 Å². The van der Waals surface area contributed by atoms with E-state index in [1.54, 1.807) is 72.6 Å². The molecule has 0 aliphatic carbocycles. The second kappa shape index (κ2) is 10.7. The molecule has 0 atom stereocenters. The molecule has 194 valence electrons. The topological polar surface area (TPSA) is 115 Å². The highest BCUT2D eigenvalue weighted by molar-refractivity contribution is 6.05. The third-order valence-electron chi connectivity index (χ3n) is 6.49. The summed E-state index contributed by atoms with van der Waals surface area (Å²) in [6, 6.07) is 15.3. The zero-order valence-corrected chi connectivity index (χ0v) is 20.8. The number of nitrogens with zero attached hydrogens (tertiary/aromatic N) is 4. The highest BCUT2D eigenvalue weighted by Crippen LogP contribution is 2.29. The SMILES string of the molecule is CCOC(=O)c1c(N2CCN(C(=O)c3ccco3)CC2)c2ncccc2n(CC(=O)c2ccccc2)c1=O. The van der Waals surface area contributed by atoms with E-state index in [4.69, 9.17) is 9.15 Å². The summed E-state index contributed by atoms with van der Waals surface area (Å²) < 4.78 is 11.8. The van der Waals surface area contributed by atoms with Crippen molar-refractivity contribution in [3.63, 3.8) is 0 Å². The van der Waals surface area contributed by atoms with Crippen LogP contribution in [-0.2, 0) is 11.3 Å². The Morgan fingerprint density at radius 2 is 1.74 bits per heavy atom. The molecule has 1 aliphatic heterocycles. The van der Waals surface area contributed by atoms with Crippen molar-refractivity contribution in [1.82, 2.24) is 14.5 Å². The Morgan fingerprint density at radius 1 is 0.974 bits per heavy atom. The van der Waals surface area contributed by atoms with E-state index >= 15 is 0 Å². The van der Waals surface area contributed by atoms with E-state index in [2.05, 4.69) is 4.98 Å². The maximum Gasteiger partial charge on any atom is 0.346 e. The zero-order chi connectivity index (χ0) is 26.6. The number of carbonyl (C=O) groups excluding carboxylic acids is 3. The van der Waals surface area contributed by atoms with Gasteiger partial charge in [0.2, 0.25) is 0 Å². The molecule has 4 heterocycles. The number of benzene rings is 1. The summed E-state index contributed by atoms with van der Waals surface area (Å²) in [5.74, 6) is -1.03. The van der Waals surface area contributed by atoms with E-state index in [1.807, 2.05) is 4.90 Å². The molecule has 1 amide bonds. The molecule has 1 fully saturated rings. The number of amides is 1. The number of esters is 1. The Balaban J connectivity index is 1.56. The Morgan fingerprint density at radius 3 is 2.42 bits per heavy atom. The summed E-state index contributed by atoms with van der Waals surface area (Å²) in [5.41, 5.74) is 0.830. The van der Waals surface area contributed by atoms with Crippen LogP contribution >= 0.6 is 0 Å². The predicted octanol–water partition coefficient (Wildman–Crippen LogP) is 3.01. The fourth-order valence-electron chi connectivity index (χ4n) is 4.66. The molecule has 5 rings (SSSR count). The van der Waals surface area contributed by atoms with Crippen LogP contribution in [-0.4, -0.2) is 64.9 Å². The molecule has 10 nitrogen and oxygen atoms in total. The lowest BCUT2D eigenvalue weighted by atomic mass is 10.1. The predicted molar refractivity (Wildman–Crippen MR) is 140 cm³/mol. The molecule has 1 aromatic carbocycles. The van der Waals surface area contributed by atoms with E-state index in [0.29, 0.717) is 48.5 Å². The van der Waals surface area contributed by atoms with Gasteiger partial charge in [0.15, 0.2) is 17.1 Å². The van der Waals surface area contributed by atoms with Crippen LogP contribution in [0.3, 0.4) is 0 Å². The van der Waals surface area contributed by atoms with Crippen LogP contribution in [0, 0.1) is 0 Å². The summed E-state index contributed by atoms with van der Waals surface area (Å²) in [4.78, 5) is 60.8. The second-order valence-corrected chi connectivity index (χ2v) is 8.75. The van der Waals surface area contributed by atoms with E-state index < -0.39 is 11.5 Å². The van der Waals surface area contributed by atoms with Gasteiger partial charge in [0.05, 0.1) is 30.6 Å². The molecule has 3 aromatic heterocycles. The quantitative estimate of drug-likeness (QED) is 0.273. The van der Waals surface area contributed by atoms with Crippen molar-refractivity contribution in [2.45, 2.75) is 13.5 Å². The number of ether oxygens (including phenoxy) is 1. The van der Waals surface area contributed by atoms with Gasteiger partial charge in [-0.2, -0.15) is 0 Å². The van der Waals surface area contributed by atoms with Crippen LogP contribution in [0.25, 0.3) is 11.0 Å². The summed E-state index contributed by atoms with van der Waals surface area (Å²) in [7, 11) is 0. The fraction of sp³-hybridized carbons (Fsp3) is 0.250. The van der Waals surface area contributed by atoms with Crippen molar-refractivity contribution in [3.8, 4) is 0 Å². The molecule has 0 bridgehead atoms. The number of pyridine rings is 2. The Bertz CT molecular complexity index is 1540. The Labute approximate surface area is 218 Å². The number of fused-ring (bicyclic) bond motifs is 1. The number of hydrogen-bond acceptors (Lipinski definition) is 8. The van der Waals surface area contributed by atoms with Crippen LogP contribution < -0.4 is 10.5 Å². The average Bonchev–Trinajstić information content (AvgIpc) is 3.49. The van der Waals surface area contributed by atoms with E-state index in [-0.39, 0.29) is 36.2 Å². The fourth-order valence-corrected chi connectivity index (χ4v) is 4.66. The van der Waals surface area contributed by atoms with Crippen LogP contribution in [0.1, 0.15) is 38.2 Å². The first kappa shape index (κ1) is 24.9. The van der Waals surface area contributed by atoms with Gasteiger partial charge in [-0.25, -0.2) is 4.79 Å². The minimum atomic E-state index is -0.782. The van der Waals surface area contributed by atoms with Gasteiger partial charge in [-0.05, 0) is 31.2 Å². The molecular weight excluding hydrogens is 488 g/mol. The van der Waals surface area contributed by atoms with Gasteiger partial charge in [0.25, 0.3) is 11.5 Å². The molecule has 0 N–H and O–H groups in total. The molecular formula is C28H26N4O6. The highest BCUT2D eigenvalue weighted by atomic mass is 16.5. The average molecular weight is 515 g/mol. The summed E-state index contributed by atoms with van der Waals surface area (Å²) in [6.45, 7) is 2.90. The molecule has 10 heteroatoms. The van der Waals surface area contributed by atoms with Crippen LogP contribution in [0.2, 0.25) is 0 Å². The normalized spacial score (nSPS) is 13.5. The van der Waals surface area contributed by atoms with Gasteiger partial charge in [-0.3, -0.25) is 23.9 Å². The lowest BCUT2D eigenvalue weighted by Crippen LogP contribution is -2.49. The molecule has 0 radical (unpaired) electrons. The number of piperazine rings is 1. The maximum atomic E-state index is 13.8. The van der Waals surface area contributed by atoms with Gasteiger partial charge in [-0.15, -0.1) is 0 Å². The Hall–Kier alpha value is -4.73. The van der Waals surface area contributed by atoms with Crippen LogP contribution in [0.4, 0.5) is 5.69 Å². The summed E-state index contributed by atoms with van der Waals surface area (Å²) in [6.07, 6.45) is 3.02. The van der Waals surface area contributed by atoms with Gasteiger partial charge in [0.1, 0.15) is 5.52 Å².